The van der Waals surface area contributed by atoms with E-state index in [9.17, 15) is 0 Å². The van der Waals surface area contributed by atoms with Gasteiger partial charge in [0.15, 0.2) is 5.65 Å². The van der Waals surface area contributed by atoms with E-state index in [0.29, 0.717) is 0 Å². The number of rotatable bonds is 3. The van der Waals surface area contributed by atoms with Gasteiger partial charge in [-0.15, -0.1) is 0 Å². The fraction of sp³-hybridized carbons (Fsp3) is 0.143. The highest BCUT2D eigenvalue weighted by molar-refractivity contribution is 5.77. The summed E-state index contributed by atoms with van der Waals surface area (Å²) in [5, 5.41) is 3.28. The number of nitrogens with one attached hydrogen (secondary N) is 1. The van der Waals surface area contributed by atoms with Crippen molar-refractivity contribution in [1.29, 1.82) is 0 Å². The number of hydrogen-bond donors (Lipinski definition) is 1. The smallest absolute Gasteiger partial charge is 0.209 e. The summed E-state index contributed by atoms with van der Waals surface area (Å²) in [6, 6.07) is 14.0. The summed E-state index contributed by atoms with van der Waals surface area (Å²) in [6.45, 7) is 2.89. The molecule has 0 radical (unpaired) electrons. The zero-order valence-corrected chi connectivity index (χ0v) is 10.2. The first-order valence-electron chi connectivity index (χ1n) is 6.03. The lowest BCUT2D eigenvalue weighted by molar-refractivity contribution is 1.03. The topological polar surface area (TPSA) is 42.7 Å². The van der Waals surface area contributed by atoms with Crippen molar-refractivity contribution in [3.63, 3.8) is 0 Å². The van der Waals surface area contributed by atoms with Crippen LogP contribution in [0.3, 0.4) is 0 Å². The molecule has 0 aliphatic rings. The van der Waals surface area contributed by atoms with Crippen molar-refractivity contribution < 1.29 is 0 Å². The van der Waals surface area contributed by atoms with Gasteiger partial charge in [-0.1, -0.05) is 18.2 Å². The second kappa shape index (κ2) is 4.49. The van der Waals surface area contributed by atoms with E-state index in [1.165, 1.54) is 0 Å². The number of benzene rings is 1. The first-order valence-corrected chi connectivity index (χ1v) is 6.03. The number of imidazole rings is 1. The molecule has 0 saturated heterocycles. The molecule has 0 aliphatic carbocycles. The van der Waals surface area contributed by atoms with Crippen LogP contribution in [0.2, 0.25) is 0 Å². The number of para-hydroxylation sites is 1. The molecule has 1 N–H and O–H groups in total. The highest BCUT2D eigenvalue weighted by Crippen LogP contribution is 2.22. The van der Waals surface area contributed by atoms with Crippen LogP contribution in [0.1, 0.15) is 6.92 Å². The number of aromatic nitrogens is 3. The van der Waals surface area contributed by atoms with Crippen LogP contribution < -0.4 is 5.32 Å². The number of nitrogens with zero attached hydrogens (tertiary/aromatic N) is 3. The van der Waals surface area contributed by atoms with E-state index < -0.39 is 0 Å². The molecule has 0 bridgehead atoms. The van der Waals surface area contributed by atoms with Gasteiger partial charge >= 0.3 is 0 Å². The lowest BCUT2D eigenvalue weighted by atomic mass is 10.3. The lowest BCUT2D eigenvalue weighted by Crippen LogP contribution is -2.05. The third kappa shape index (κ3) is 1.72. The van der Waals surface area contributed by atoms with Gasteiger partial charge in [-0.2, -0.15) is 0 Å². The van der Waals surface area contributed by atoms with E-state index in [-0.39, 0.29) is 0 Å². The monoisotopic (exact) mass is 238 g/mol. The summed E-state index contributed by atoms with van der Waals surface area (Å²) in [6.07, 6.45) is 1.79. The van der Waals surface area contributed by atoms with Gasteiger partial charge in [0.25, 0.3) is 0 Å². The van der Waals surface area contributed by atoms with Crippen molar-refractivity contribution in [3.05, 3.63) is 48.7 Å². The van der Waals surface area contributed by atoms with Gasteiger partial charge < -0.3 is 5.32 Å². The van der Waals surface area contributed by atoms with Crippen molar-refractivity contribution >= 4 is 17.1 Å². The second-order valence-corrected chi connectivity index (χ2v) is 3.98. The van der Waals surface area contributed by atoms with Crippen molar-refractivity contribution in [2.24, 2.45) is 0 Å². The number of pyridine rings is 1. The SMILES string of the molecule is CCNc1nc2cccnc2n1-c1ccccc1. The molecule has 0 aliphatic heterocycles. The molecule has 4 heteroatoms. The van der Waals surface area contributed by atoms with Crippen LogP contribution in [0.15, 0.2) is 48.7 Å². The summed E-state index contributed by atoms with van der Waals surface area (Å²) in [7, 11) is 0. The molecule has 0 fully saturated rings. The largest absolute Gasteiger partial charge is 0.356 e. The molecule has 3 aromatic rings. The lowest BCUT2D eigenvalue weighted by Gasteiger charge is -2.08. The molecule has 0 atom stereocenters. The van der Waals surface area contributed by atoms with Gasteiger partial charge in [-0.3, -0.25) is 4.57 Å². The van der Waals surface area contributed by atoms with Crippen LogP contribution in [-0.2, 0) is 0 Å². The van der Waals surface area contributed by atoms with Crippen molar-refractivity contribution in [2.45, 2.75) is 6.92 Å². The Morgan fingerprint density at radius 1 is 1.11 bits per heavy atom. The van der Waals surface area contributed by atoms with Gasteiger partial charge in [0.05, 0.1) is 5.69 Å². The highest BCUT2D eigenvalue weighted by atomic mass is 15.2. The average Bonchev–Trinajstić information content (AvgIpc) is 2.78. The normalized spacial score (nSPS) is 10.7. The minimum Gasteiger partial charge on any atom is -0.356 e. The zero-order valence-electron chi connectivity index (χ0n) is 10.2. The van der Waals surface area contributed by atoms with Crippen LogP contribution in [0.4, 0.5) is 5.95 Å². The van der Waals surface area contributed by atoms with Gasteiger partial charge in [-0.05, 0) is 31.2 Å². The van der Waals surface area contributed by atoms with Crippen molar-refractivity contribution in [2.75, 3.05) is 11.9 Å². The minimum absolute atomic E-state index is 0.830. The molecule has 0 amide bonds. The van der Waals surface area contributed by atoms with Crippen molar-refractivity contribution in [1.82, 2.24) is 14.5 Å². The highest BCUT2D eigenvalue weighted by Gasteiger charge is 2.11. The molecular weight excluding hydrogens is 224 g/mol. The molecule has 2 heterocycles. The molecule has 3 rings (SSSR count). The standard InChI is InChI=1S/C14H14N4/c1-2-15-14-17-12-9-6-10-16-13(12)18(14)11-7-4-3-5-8-11/h3-10H,2H2,1H3,(H,15,17). The van der Waals surface area contributed by atoms with Crippen molar-refractivity contribution in [3.8, 4) is 5.69 Å². The van der Waals surface area contributed by atoms with Gasteiger partial charge in [0, 0.05) is 12.7 Å². The molecule has 0 saturated carbocycles. The van der Waals surface area contributed by atoms with Crippen LogP contribution in [-0.4, -0.2) is 21.1 Å². The fourth-order valence-electron chi connectivity index (χ4n) is 2.01. The number of anilines is 1. The number of fused-ring (bicyclic) bond motifs is 1. The quantitative estimate of drug-likeness (QED) is 0.763. The Bertz CT molecular complexity index is 658. The number of hydrogen-bond acceptors (Lipinski definition) is 3. The maximum absolute atomic E-state index is 4.57. The summed E-state index contributed by atoms with van der Waals surface area (Å²) in [4.78, 5) is 8.99. The van der Waals surface area contributed by atoms with Gasteiger partial charge in [0.2, 0.25) is 5.95 Å². The molecular formula is C14H14N4. The van der Waals surface area contributed by atoms with Crippen LogP contribution in [0.5, 0.6) is 0 Å². The zero-order chi connectivity index (χ0) is 12.4. The maximum atomic E-state index is 4.57. The van der Waals surface area contributed by atoms with Crippen LogP contribution >= 0.6 is 0 Å². The Morgan fingerprint density at radius 3 is 2.72 bits per heavy atom. The first kappa shape index (κ1) is 10.8. The molecule has 18 heavy (non-hydrogen) atoms. The van der Waals surface area contributed by atoms with E-state index >= 15 is 0 Å². The summed E-state index contributed by atoms with van der Waals surface area (Å²) >= 11 is 0. The summed E-state index contributed by atoms with van der Waals surface area (Å²) < 4.78 is 2.04. The third-order valence-corrected chi connectivity index (χ3v) is 2.77. The molecule has 1 aromatic carbocycles. The first-order chi connectivity index (χ1) is 8.90. The Balaban J connectivity index is 2.28. The minimum atomic E-state index is 0.830. The average molecular weight is 238 g/mol. The van der Waals surface area contributed by atoms with E-state index in [0.717, 1.165) is 29.3 Å². The van der Waals surface area contributed by atoms with E-state index in [1.807, 2.05) is 34.9 Å². The Kier molecular flexibility index (Phi) is 2.68. The Labute approximate surface area is 105 Å². The van der Waals surface area contributed by atoms with Gasteiger partial charge in [0.1, 0.15) is 5.52 Å². The fourth-order valence-corrected chi connectivity index (χ4v) is 2.01. The van der Waals surface area contributed by atoms with E-state index in [1.54, 1.807) is 6.20 Å². The van der Waals surface area contributed by atoms with E-state index in [2.05, 4.69) is 34.3 Å². The maximum Gasteiger partial charge on any atom is 0.209 e. The molecule has 0 unspecified atom stereocenters. The predicted octanol–water partition coefficient (Wildman–Crippen LogP) is 2.85. The Morgan fingerprint density at radius 2 is 1.94 bits per heavy atom. The van der Waals surface area contributed by atoms with Gasteiger partial charge in [-0.25, -0.2) is 9.97 Å². The van der Waals surface area contributed by atoms with E-state index in [4.69, 9.17) is 0 Å². The molecule has 2 aromatic heterocycles. The summed E-state index contributed by atoms with van der Waals surface area (Å²) in [5.74, 6) is 0.831. The second-order valence-electron chi connectivity index (χ2n) is 3.98. The molecule has 4 nitrogen and oxygen atoms in total. The molecule has 0 spiro atoms. The third-order valence-electron chi connectivity index (χ3n) is 2.77. The molecule has 90 valence electrons. The van der Waals surface area contributed by atoms with Crippen LogP contribution in [0.25, 0.3) is 16.9 Å². The van der Waals surface area contributed by atoms with Crippen LogP contribution in [0, 0.1) is 0 Å². The summed E-state index contributed by atoms with van der Waals surface area (Å²) in [5.41, 5.74) is 2.84. The Hall–Kier alpha value is -2.36. The predicted molar refractivity (Wildman–Crippen MR) is 73.0 cm³/mol.